The van der Waals surface area contributed by atoms with Gasteiger partial charge in [0.2, 0.25) is 0 Å². The lowest BCUT2D eigenvalue weighted by atomic mass is 9.98. The summed E-state index contributed by atoms with van der Waals surface area (Å²) in [4.78, 5) is 0. The van der Waals surface area contributed by atoms with Gasteiger partial charge in [-0.2, -0.15) is 0 Å². The first-order valence-electron chi connectivity index (χ1n) is 5.96. The number of hydrogen-bond donors (Lipinski definition) is 1. The van der Waals surface area contributed by atoms with Crippen LogP contribution >= 0.6 is 11.6 Å². The lowest BCUT2D eigenvalue weighted by Crippen LogP contribution is -2.08. The summed E-state index contributed by atoms with van der Waals surface area (Å²) >= 11 is 5.55. The standard InChI is InChI=1S/C15H12ClF3O/c1-8-2-5-11(17)14(15(8)19)13(20)7-9-3-4-10(16)12(18)6-9/h2-6,13,20H,7H2,1H3. The minimum Gasteiger partial charge on any atom is -0.388 e. The van der Waals surface area contributed by atoms with Gasteiger partial charge in [0, 0.05) is 6.42 Å². The summed E-state index contributed by atoms with van der Waals surface area (Å²) in [5.74, 6) is -2.25. The quantitative estimate of drug-likeness (QED) is 0.894. The van der Waals surface area contributed by atoms with Gasteiger partial charge in [-0.1, -0.05) is 23.7 Å². The molecule has 0 spiro atoms. The molecule has 0 aliphatic heterocycles. The van der Waals surface area contributed by atoms with E-state index >= 15 is 0 Å². The first-order chi connectivity index (χ1) is 9.40. The number of hydrogen-bond acceptors (Lipinski definition) is 1. The maximum absolute atomic E-state index is 13.9. The van der Waals surface area contributed by atoms with Crippen LogP contribution in [-0.4, -0.2) is 5.11 Å². The van der Waals surface area contributed by atoms with Crippen LogP contribution in [0.4, 0.5) is 13.2 Å². The molecule has 0 bridgehead atoms. The first kappa shape index (κ1) is 14.9. The van der Waals surface area contributed by atoms with Crippen LogP contribution in [0.15, 0.2) is 30.3 Å². The van der Waals surface area contributed by atoms with Crippen molar-refractivity contribution in [2.24, 2.45) is 0 Å². The van der Waals surface area contributed by atoms with E-state index in [0.29, 0.717) is 5.56 Å². The zero-order chi connectivity index (χ0) is 14.9. The van der Waals surface area contributed by atoms with Crippen LogP contribution in [-0.2, 0) is 6.42 Å². The molecule has 0 saturated carbocycles. The molecule has 2 aromatic carbocycles. The van der Waals surface area contributed by atoms with E-state index < -0.39 is 29.1 Å². The Labute approximate surface area is 119 Å². The molecule has 1 unspecified atom stereocenters. The average molecular weight is 301 g/mol. The van der Waals surface area contributed by atoms with Gasteiger partial charge in [-0.25, -0.2) is 13.2 Å². The molecule has 2 aromatic rings. The molecule has 0 aliphatic rings. The van der Waals surface area contributed by atoms with Crippen LogP contribution in [0.5, 0.6) is 0 Å². The lowest BCUT2D eigenvalue weighted by molar-refractivity contribution is 0.168. The minimum atomic E-state index is -1.39. The van der Waals surface area contributed by atoms with Crippen molar-refractivity contribution in [1.82, 2.24) is 0 Å². The monoisotopic (exact) mass is 300 g/mol. The van der Waals surface area contributed by atoms with Crippen molar-refractivity contribution in [3.8, 4) is 0 Å². The fourth-order valence-corrected chi connectivity index (χ4v) is 2.09. The van der Waals surface area contributed by atoms with Gasteiger partial charge in [-0.05, 0) is 36.2 Å². The molecular weight excluding hydrogens is 289 g/mol. The van der Waals surface area contributed by atoms with Gasteiger partial charge in [0.15, 0.2) is 0 Å². The van der Waals surface area contributed by atoms with Crippen molar-refractivity contribution in [3.05, 3.63) is 69.5 Å². The number of benzene rings is 2. The van der Waals surface area contributed by atoms with Crippen molar-refractivity contribution >= 4 is 11.6 Å². The number of aryl methyl sites for hydroxylation is 1. The van der Waals surface area contributed by atoms with Gasteiger partial charge in [0.1, 0.15) is 17.5 Å². The Morgan fingerprint density at radius 1 is 1.10 bits per heavy atom. The molecule has 0 heterocycles. The number of aliphatic hydroxyl groups is 1. The topological polar surface area (TPSA) is 20.2 Å². The molecule has 0 aliphatic carbocycles. The highest BCUT2D eigenvalue weighted by atomic mass is 35.5. The second-order valence-electron chi connectivity index (χ2n) is 4.56. The lowest BCUT2D eigenvalue weighted by Gasteiger charge is -2.14. The van der Waals surface area contributed by atoms with Gasteiger partial charge < -0.3 is 5.11 Å². The van der Waals surface area contributed by atoms with Crippen molar-refractivity contribution in [2.45, 2.75) is 19.4 Å². The summed E-state index contributed by atoms with van der Waals surface area (Å²) in [6.07, 6.45) is -1.50. The van der Waals surface area contributed by atoms with E-state index in [1.807, 2.05) is 0 Å². The van der Waals surface area contributed by atoms with E-state index in [2.05, 4.69) is 0 Å². The SMILES string of the molecule is Cc1ccc(F)c(C(O)Cc2ccc(Cl)c(F)c2)c1F. The Kier molecular flexibility index (Phi) is 4.35. The Bertz CT molecular complexity index is 643. The Balaban J connectivity index is 2.30. The zero-order valence-corrected chi connectivity index (χ0v) is 11.4. The molecule has 5 heteroatoms. The van der Waals surface area contributed by atoms with Crippen LogP contribution in [0.25, 0.3) is 0 Å². The fourth-order valence-electron chi connectivity index (χ4n) is 1.98. The van der Waals surface area contributed by atoms with Crippen molar-refractivity contribution in [2.75, 3.05) is 0 Å². The Morgan fingerprint density at radius 3 is 2.45 bits per heavy atom. The third kappa shape index (κ3) is 2.97. The molecular formula is C15H12ClF3O. The summed E-state index contributed by atoms with van der Waals surface area (Å²) in [5.41, 5.74) is 0.239. The number of halogens is 4. The largest absolute Gasteiger partial charge is 0.388 e. The molecule has 2 rings (SSSR count). The molecule has 0 fully saturated rings. The summed E-state index contributed by atoms with van der Waals surface area (Å²) in [6.45, 7) is 1.48. The molecule has 0 saturated heterocycles. The normalized spacial score (nSPS) is 12.5. The third-order valence-electron chi connectivity index (χ3n) is 3.07. The molecule has 1 nitrogen and oxygen atoms in total. The smallest absolute Gasteiger partial charge is 0.142 e. The zero-order valence-electron chi connectivity index (χ0n) is 10.6. The second-order valence-corrected chi connectivity index (χ2v) is 4.97. The van der Waals surface area contributed by atoms with E-state index in [9.17, 15) is 18.3 Å². The highest BCUT2D eigenvalue weighted by Gasteiger charge is 2.20. The van der Waals surface area contributed by atoms with E-state index in [1.165, 1.54) is 25.1 Å². The van der Waals surface area contributed by atoms with E-state index in [-0.39, 0.29) is 17.0 Å². The average Bonchev–Trinajstić information content (AvgIpc) is 2.39. The van der Waals surface area contributed by atoms with E-state index in [4.69, 9.17) is 11.6 Å². The summed E-state index contributed by atoms with van der Waals surface area (Å²) in [7, 11) is 0. The Hall–Kier alpha value is -1.52. The first-order valence-corrected chi connectivity index (χ1v) is 6.34. The highest BCUT2D eigenvalue weighted by Crippen LogP contribution is 2.27. The molecule has 0 aromatic heterocycles. The van der Waals surface area contributed by atoms with Gasteiger partial charge in [0.25, 0.3) is 0 Å². The van der Waals surface area contributed by atoms with Crippen LogP contribution in [0.1, 0.15) is 22.8 Å². The number of aliphatic hydroxyl groups excluding tert-OH is 1. The summed E-state index contributed by atoms with van der Waals surface area (Å²) in [5, 5.41) is 9.94. The highest BCUT2D eigenvalue weighted by molar-refractivity contribution is 6.30. The molecule has 1 atom stereocenters. The maximum Gasteiger partial charge on any atom is 0.142 e. The predicted octanol–water partition coefficient (Wildman–Crippen LogP) is 4.34. The van der Waals surface area contributed by atoms with Gasteiger partial charge in [0.05, 0.1) is 16.7 Å². The predicted molar refractivity (Wildman–Crippen MR) is 71.2 cm³/mol. The Morgan fingerprint density at radius 2 is 1.80 bits per heavy atom. The molecule has 106 valence electrons. The molecule has 1 N–H and O–H groups in total. The van der Waals surface area contributed by atoms with Crippen LogP contribution in [0.2, 0.25) is 5.02 Å². The molecule has 0 radical (unpaired) electrons. The van der Waals surface area contributed by atoms with Gasteiger partial charge in [-0.15, -0.1) is 0 Å². The van der Waals surface area contributed by atoms with Crippen molar-refractivity contribution < 1.29 is 18.3 Å². The fraction of sp³-hybridized carbons (Fsp3) is 0.200. The van der Waals surface area contributed by atoms with Crippen LogP contribution in [0, 0.1) is 24.4 Å². The van der Waals surface area contributed by atoms with Crippen LogP contribution < -0.4 is 0 Å². The summed E-state index contributed by atoms with van der Waals surface area (Å²) < 4.78 is 40.8. The number of rotatable bonds is 3. The van der Waals surface area contributed by atoms with E-state index in [0.717, 1.165) is 12.1 Å². The van der Waals surface area contributed by atoms with Crippen molar-refractivity contribution in [1.29, 1.82) is 0 Å². The minimum absolute atomic E-state index is 0.0452. The maximum atomic E-state index is 13.9. The van der Waals surface area contributed by atoms with Gasteiger partial charge >= 0.3 is 0 Å². The summed E-state index contributed by atoms with van der Waals surface area (Å²) in [6, 6.07) is 6.36. The third-order valence-corrected chi connectivity index (χ3v) is 3.37. The van der Waals surface area contributed by atoms with Gasteiger partial charge in [-0.3, -0.25) is 0 Å². The van der Waals surface area contributed by atoms with Crippen LogP contribution in [0.3, 0.4) is 0 Å². The van der Waals surface area contributed by atoms with E-state index in [1.54, 1.807) is 0 Å². The molecule has 20 heavy (non-hydrogen) atoms. The van der Waals surface area contributed by atoms with Crippen molar-refractivity contribution in [3.63, 3.8) is 0 Å². The second kappa shape index (κ2) is 5.85. The molecule has 0 amide bonds.